The number of hydrogen-bond donors (Lipinski definition) is 1. The van der Waals surface area contributed by atoms with E-state index in [1.165, 1.54) is 0 Å². The lowest BCUT2D eigenvalue weighted by molar-refractivity contribution is -0.0206. The second-order valence-corrected chi connectivity index (χ2v) is 8.29. The van der Waals surface area contributed by atoms with Crippen LogP contribution in [0.2, 0.25) is 5.02 Å². The van der Waals surface area contributed by atoms with Crippen molar-refractivity contribution in [2.75, 3.05) is 32.8 Å². The maximum Gasteiger partial charge on any atom is 0.101 e. The van der Waals surface area contributed by atoms with Gasteiger partial charge in [0.25, 0.3) is 0 Å². The summed E-state index contributed by atoms with van der Waals surface area (Å²) in [5.41, 5.74) is 0.895. The fraction of sp³-hybridized carbons (Fsp3) is 0.364. The molecule has 3 nitrogen and oxygen atoms in total. The van der Waals surface area contributed by atoms with Crippen LogP contribution in [0.25, 0.3) is 0 Å². The first-order valence-electron chi connectivity index (χ1n) is 9.18. The molecule has 1 aliphatic heterocycles. The Morgan fingerprint density at radius 3 is 2.37 bits per heavy atom. The standard InChI is InChI=1S/C22H25BrClNO2/c1-2-11-22(26,18-5-7-19(23)8-6-18)21(16-25-12-14-27-15-13-25)17-3-9-20(24)10-4-17/h2-10,21,26H,1,11-16H2/t21-,22+/m0/s1. The lowest BCUT2D eigenvalue weighted by Crippen LogP contribution is -2.44. The molecule has 2 aromatic rings. The van der Waals surface area contributed by atoms with Crippen molar-refractivity contribution in [1.82, 2.24) is 4.90 Å². The normalized spacial score (nSPS) is 18.6. The van der Waals surface area contributed by atoms with Gasteiger partial charge in [0, 0.05) is 35.0 Å². The van der Waals surface area contributed by atoms with Crippen LogP contribution in [0.1, 0.15) is 23.5 Å². The van der Waals surface area contributed by atoms with Gasteiger partial charge in [-0.2, -0.15) is 0 Å². The van der Waals surface area contributed by atoms with E-state index in [0.717, 1.165) is 48.4 Å². The molecule has 1 aliphatic rings. The SMILES string of the molecule is C=CC[C@@](O)(c1ccc(Br)cc1)[C@@H](CN1CCOCC1)c1ccc(Cl)cc1. The van der Waals surface area contributed by atoms with E-state index in [1.807, 2.05) is 48.5 Å². The summed E-state index contributed by atoms with van der Waals surface area (Å²) >= 11 is 9.59. The first-order chi connectivity index (χ1) is 13.0. The minimum Gasteiger partial charge on any atom is -0.384 e. The van der Waals surface area contributed by atoms with E-state index in [9.17, 15) is 5.11 Å². The lowest BCUT2D eigenvalue weighted by atomic mass is 9.75. The molecule has 0 radical (unpaired) electrons. The van der Waals surface area contributed by atoms with Crippen molar-refractivity contribution < 1.29 is 9.84 Å². The Balaban J connectivity index is 2.02. The van der Waals surface area contributed by atoms with E-state index < -0.39 is 5.60 Å². The third-order valence-corrected chi connectivity index (χ3v) is 5.97. The molecule has 27 heavy (non-hydrogen) atoms. The minimum atomic E-state index is -1.06. The van der Waals surface area contributed by atoms with E-state index >= 15 is 0 Å². The fourth-order valence-electron chi connectivity index (χ4n) is 3.69. The van der Waals surface area contributed by atoms with Crippen LogP contribution in [0.5, 0.6) is 0 Å². The molecule has 1 heterocycles. The van der Waals surface area contributed by atoms with Gasteiger partial charge in [0.05, 0.1) is 13.2 Å². The molecule has 0 aromatic heterocycles. The van der Waals surface area contributed by atoms with Crippen molar-refractivity contribution >= 4 is 27.5 Å². The Morgan fingerprint density at radius 1 is 1.15 bits per heavy atom. The van der Waals surface area contributed by atoms with E-state index in [-0.39, 0.29) is 5.92 Å². The molecular weight excluding hydrogens is 426 g/mol. The molecule has 0 spiro atoms. The van der Waals surface area contributed by atoms with E-state index in [1.54, 1.807) is 6.08 Å². The van der Waals surface area contributed by atoms with Crippen LogP contribution in [0.15, 0.2) is 65.7 Å². The van der Waals surface area contributed by atoms with Crippen LogP contribution in [0.3, 0.4) is 0 Å². The third-order valence-electron chi connectivity index (χ3n) is 5.19. The summed E-state index contributed by atoms with van der Waals surface area (Å²) in [6.07, 6.45) is 2.26. The molecule has 0 saturated carbocycles. The highest BCUT2D eigenvalue weighted by atomic mass is 79.9. The average molecular weight is 451 g/mol. The van der Waals surface area contributed by atoms with Gasteiger partial charge in [-0.15, -0.1) is 6.58 Å². The highest BCUT2D eigenvalue weighted by Crippen LogP contribution is 2.41. The molecule has 1 N–H and O–H groups in total. The molecule has 1 saturated heterocycles. The highest BCUT2D eigenvalue weighted by molar-refractivity contribution is 9.10. The Bertz CT molecular complexity index is 744. The van der Waals surface area contributed by atoms with Crippen molar-refractivity contribution in [2.45, 2.75) is 17.9 Å². The Labute approximate surface area is 174 Å². The minimum absolute atomic E-state index is 0.118. The van der Waals surface area contributed by atoms with Crippen LogP contribution in [0, 0.1) is 0 Å². The van der Waals surface area contributed by atoms with Gasteiger partial charge in [-0.3, -0.25) is 4.90 Å². The van der Waals surface area contributed by atoms with Crippen molar-refractivity contribution in [3.05, 3.63) is 81.8 Å². The number of rotatable bonds is 7. The highest BCUT2D eigenvalue weighted by Gasteiger charge is 2.39. The molecule has 2 aromatic carbocycles. The smallest absolute Gasteiger partial charge is 0.101 e. The summed E-state index contributed by atoms with van der Waals surface area (Å²) in [6, 6.07) is 15.7. The van der Waals surface area contributed by atoms with Gasteiger partial charge in [-0.25, -0.2) is 0 Å². The second-order valence-electron chi connectivity index (χ2n) is 6.94. The third kappa shape index (κ3) is 5.01. The maximum absolute atomic E-state index is 11.9. The summed E-state index contributed by atoms with van der Waals surface area (Å²) < 4.78 is 6.48. The van der Waals surface area contributed by atoms with Gasteiger partial charge in [0.1, 0.15) is 5.60 Å². The second kappa shape index (κ2) is 9.35. The van der Waals surface area contributed by atoms with Gasteiger partial charge in [0.15, 0.2) is 0 Å². The van der Waals surface area contributed by atoms with Crippen LogP contribution in [0.4, 0.5) is 0 Å². The Kier molecular flexibility index (Phi) is 7.12. The Morgan fingerprint density at radius 2 is 1.78 bits per heavy atom. The summed E-state index contributed by atoms with van der Waals surface area (Å²) in [4.78, 5) is 2.36. The van der Waals surface area contributed by atoms with Gasteiger partial charge >= 0.3 is 0 Å². The van der Waals surface area contributed by atoms with Crippen LogP contribution >= 0.6 is 27.5 Å². The molecule has 0 aliphatic carbocycles. The molecule has 5 heteroatoms. The number of morpholine rings is 1. The zero-order chi connectivity index (χ0) is 19.3. The largest absolute Gasteiger partial charge is 0.384 e. The first kappa shape index (κ1) is 20.6. The predicted octanol–water partition coefficient (Wildman–Crippen LogP) is 4.98. The average Bonchev–Trinajstić information content (AvgIpc) is 2.68. The predicted molar refractivity (Wildman–Crippen MR) is 114 cm³/mol. The number of aliphatic hydroxyl groups is 1. The number of nitrogens with zero attached hydrogens (tertiary/aromatic N) is 1. The molecule has 2 atom stereocenters. The van der Waals surface area contributed by atoms with Gasteiger partial charge in [-0.05, 0) is 41.8 Å². The number of hydrogen-bond acceptors (Lipinski definition) is 3. The van der Waals surface area contributed by atoms with E-state index in [0.29, 0.717) is 11.4 Å². The van der Waals surface area contributed by atoms with Gasteiger partial charge < -0.3 is 9.84 Å². The van der Waals surface area contributed by atoms with E-state index in [2.05, 4.69) is 27.4 Å². The monoisotopic (exact) mass is 449 g/mol. The molecule has 144 valence electrons. The van der Waals surface area contributed by atoms with Gasteiger partial charge in [-0.1, -0.05) is 57.9 Å². The maximum atomic E-state index is 11.9. The number of ether oxygens (including phenoxy) is 1. The lowest BCUT2D eigenvalue weighted by Gasteiger charge is -2.40. The molecule has 3 rings (SSSR count). The van der Waals surface area contributed by atoms with Crippen molar-refractivity contribution in [1.29, 1.82) is 0 Å². The first-order valence-corrected chi connectivity index (χ1v) is 10.3. The van der Waals surface area contributed by atoms with E-state index in [4.69, 9.17) is 16.3 Å². The zero-order valence-corrected chi connectivity index (χ0v) is 17.6. The number of halogens is 2. The molecule has 0 unspecified atom stereocenters. The molecule has 0 bridgehead atoms. The van der Waals surface area contributed by atoms with Crippen LogP contribution in [-0.4, -0.2) is 42.9 Å². The van der Waals surface area contributed by atoms with Crippen molar-refractivity contribution in [3.8, 4) is 0 Å². The van der Waals surface area contributed by atoms with Crippen LogP contribution in [-0.2, 0) is 10.3 Å². The van der Waals surface area contributed by atoms with Crippen molar-refractivity contribution in [2.24, 2.45) is 0 Å². The summed E-state index contributed by atoms with van der Waals surface area (Å²) in [5, 5.41) is 12.6. The van der Waals surface area contributed by atoms with Crippen molar-refractivity contribution in [3.63, 3.8) is 0 Å². The summed E-state index contributed by atoms with van der Waals surface area (Å²) in [5.74, 6) is -0.118. The fourth-order valence-corrected chi connectivity index (χ4v) is 4.08. The number of benzene rings is 2. The zero-order valence-electron chi connectivity index (χ0n) is 15.3. The van der Waals surface area contributed by atoms with Crippen LogP contribution < -0.4 is 0 Å². The quantitative estimate of drug-likeness (QED) is 0.604. The summed E-state index contributed by atoms with van der Waals surface area (Å²) in [6.45, 7) is 7.84. The Hall–Kier alpha value is -1.17. The topological polar surface area (TPSA) is 32.7 Å². The molecule has 1 fully saturated rings. The molecular formula is C22H25BrClNO2. The molecule has 0 amide bonds. The van der Waals surface area contributed by atoms with Gasteiger partial charge in [0.2, 0.25) is 0 Å². The summed E-state index contributed by atoms with van der Waals surface area (Å²) in [7, 11) is 0.